The van der Waals surface area contributed by atoms with Crippen LogP contribution in [0.5, 0.6) is 11.5 Å². The summed E-state index contributed by atoms with van der Waals surface area (Å²) in [7, 11) is 1.52. The predicted octanol–water partition coefficient (Wildman–Crippen LogP) is 4.76. The Morgan fingerprint density at radius 3 is 2.45 bits per heavy atom. The van der Waals surface area contributed by atoms with E-state index < -0.39 is 11.8 Å². The van der Waals surface area contributed by atoms with Crippen molar-refractivity contribution in [3.8, 4) is 11.5 Å². The van der Waals surface area contributed by atoms with Gasteiger partial charge in [-0.05, 0) is 54.2 Å². The molecule has 166 valence electrons. The van der Waals surface area contributed by atoms with E-state index in [0.29, 0.717) is 27.8 Å². The Morgan fingerprint density at radius 1 is 1.00 bits per heavy atom. The molecule has 0 radical (unpaired) electrons. The number of hydrogen-bond donors (Lipinski definition) is 1. The highest BCUT2D eigenvalue weighted by Crippen LogP contribution is 2.31. The molecule has 1 aliphatic rings. The number of nitrogens with zero attached hydrogens (tertiary/aromatic N) is 1. The van der Waals surface area contributed by atoms with Gasteiger partial charge >= 0.3 is 0 Å². The van der Waals surface area contributed by atoms with Crippen LogP contribution >= 0.6 is 23.8 Å². The van der Waals surface area contributed by atoms with E-state index in [1.54, 1.807) is 48.5 Å². The Bertz CT molecular complexity index is 1260. The standard InChI is InChI=1S/C25H19ClN2O4S/c1-31-22-14-16(11-12-21(22)32-15-17-7-5-6-10-20(17)26)13-19-23(29)27-25(33)28(24(19)30)18-8-3-2-4-9-18/h2-14H,15H2,1H3,(H,27,29,33)/b19-13-. The zero-order chi connectivity index (χ0) is 23.4. The number of halogens is 1. The third kappa shape index (κ3) is 4.89. The summed E-state index contributed by atoms with van der Waals surface area (Å²) in [6.45, 7) is 0.265. The lowest BCUT2D eigenvalue weighted by Crippen LogP contribution is -2.54. The van der Waals surface area contributed by atoms with Gasteiger partial charge in [-0.25, -0.2) is 0 Å². The van der Waals surface area contributed by atoms with Crippen LogP contribution in [0.4, 0.5) is 5.69 Å². The van der Waals surface area contributed by atoms with Crippen molar-refractivity contribution in [3.63, 3.8) is 0 Å². The van der Waals surface area contributed by atoms with Gasteiger partial charge < -0.3 is 9.47 Å². The van der Waals surface area contributed by atoms with Crippen molar-refractivity contribution in [2.75, 3.05) is 12.0 Å². The van der Waals surface area contributed by atoms with Crippen LogP contribution < -0.4 is 19.7 Å². The van der Waals surface area contributed by atoms with Gasteiger partial charge in [0.1, 0.15) is 12.2 Å². The lowest BCUT2D eigenvalue weighted by molar-refractivity contribution is -0.122. The van der Waals surface area contributed by atoms with Gasteiger partial charge in [-0.15, -0.1) is 0 Å². The molecule has 6 nitrogen and oxygen atoms in total. The van der Waals surface area contributed by atoms with Crippen LogP contribution in [0.3, 0.4) is 0 Å². The zero-order valence-corrected chi connectivity index (χ0v) is 19.2. The smallest absolute Gasteiger partial charge is 0.270 e. The first-order valence-corrected chi connectivity index (χ1v) is 10.8. The van der Waals surface area contributed by atoms with Gasteiger partial charge in [0.15, 0.2) is 16.6 Å². The summed E-state index contributed by atoms with van der Waals surface area (Å²) >= 11 is 11.4. The van der Waals surface area contributed by atoms with Gasteiger partial charge in [-0.3, -0.25) is 19.8 Å². The van der Waals surface area contributed by atoms with Crippen LogP contribution in [0, 0.1) is 0 Å². The van der Waals surface area contributed by atoms with Crippen molar-refractivity contribution in [1.29, 1.82) is 0 Å². The number of methoxy groups -OCH3 is 1. The van der Waals surface area contributed by atoms with E-state index in [9.17, 15) is 9.59 Å². The first-order valence-electron chi connectivity index (χ1n) is 9.98. The number of para-hydroxylation sites is 1. The number of benzene rings is 3. The molecule has 0 unspecified atom stereocenters. The van der Waals surface area contributed by atoms with E-state index in [2.05, 4.69) is 5.32 Å². The lowest BCUT2D eigenvalue weighted by atomic mass is 10.1. The molecule has 3 aromatic carbocycles. The Kier molecular flexibility index (Phi) is 6.72. The molecule has 0 spiro atoms. The molecule has 0 aromatic heterocycles. The monoisotopic (exact) mass is 478 g/mol. The number of carbonyl (C=O) groups excluding carboxylic acids is 2. The first-order chi connectivity index (χ1) is 16.0. The van der Waals surface area contributed by atoms with Crippen molar-refractivity contribution < 1.29 is 19.1 Å². The number of nitrogens with one attached hydrogen (secondary N) is 1. The summed E-state index contributed by atoms with van der Waals surface area (Å²) in [6, 6.07) is 21.4. The normalized spacial score (nSPS) is 14.9. The van der Waals surface area contributed by atoms with Gasteiger partial charge in [0.2, 0.25) is 0 Å². The summed E-state index contributed by atoms with van der Waals surface area (Å²) in [4.78, 5) is 26.9. The molecule has 33 heavy (non-hydrogen) atoms. The van der Waals surface area contributed by atoms with E-state index in [-0.39, 0.29) is 17.3 Å². The average Bonchev–Trinajstić information content (AvgIpc) is 2.82. The molecule has 1 fully saturated rings. The van der Waals surface area contributed by atoms with Crippen molar-refractivity contribution in [2.45, 2.75) is 6.61 Å². The Morgan fingerprint density at radius 2 is 1.73 bits per heavy atom. The van der Waals surface area contributed by atoms with Crippen molar-refractivity contribution >= 4 is 52.5 Å². The van der Waals surface area contributed by atoms with Gasteiger partial charge in [-0.2, -0.15) is 0 Å². The van der Waals surface area contributed by atoms with E-state index in [1.807, 2.05) is 24.3 Å². The largest absolute Gasteiger partial charge is 0.493 e. The molecular formula is C25H19ClN2O4S. The van der Waals surface area contributed by atoms with Crippen LogP contribution in [0.15, 0.2) is 78.4 Å². The molecule has 0 atom stereocenters. The van der Waals surface area contributed by atoms with E-state index in [4.69, 9.17) is 33.3 Å². The van der Waals surface area contributed by atoms with E-state index in [1.165, 1.54) is 18.1 Å². The minimum Gasteiger partial charge on any atom is -0.493 e. The van der Waals surface area contributed by atoms with Crippen molar-refractivity contribution in [1.82, 2.24) is 5.32 Å². The fourth-order valence-electron chi connectivity index (χ4n) is 3.30. The molecule has 0 bridgehead atoms. The molecule has 3 aromatic rings. The second-order valence-corrected chi connectivity index (χ2v) is 7.88. The molecule has 1 aliphatic heterocycles. The molecule has 1 saturated heterocycles. The third-order valence-corrected chi connectivity index (χ3v) is 5.61. The fourth-order valence-corrected chi connectivity index (χ4v) is 3.77. The predicted molar refractivity (Wildman–Crippen MR) is 131 cm³/mol. The van der Waals surface area contributed by atoms with Gasteiger partial charge in [0.05, 0.1) is 12.8 Å². The molecular weight excluding hydrogens is 460 g/mol. The van der Waals surface area contributed by atoms with Crippen LogP contribution in [-0.4, -0.2) is 24.0 Å². The molecule has 1 N–H and O–H groups in total. The molecule has 1 heterocycles. The maximum Gasteiger partial charge on any atom is 0.270 e. The Labute approximate surface area is 201 Å². The summed E-state index contributed by atoms with van der Waals surface area (Å²) < 4.78 is 11.3. The van der Waals surface area contributed by atoms with Crippen molar-refractivity contribution in [3.05, 3.63) is 94.5 Å². The SMILES string of the molecule is COc1cc(/C=C2/C(=O)NC(=S)N(c3ccccc3)C2=O)ccc1OCc1ccccc1Cl. The highest BCUT2D eigenvalue weighted by atomic mass is 35.5. The highest BCUT2D eigenvalue weighted by Gasteiger charge is 2.34. The Balaban J connectivity index is 1.60. The Hall–Kier alpha value is -3.68. The zero-order valence-electron chi connectivity index (χ0n) is 17.6. The van der Waals surface area contributed by atoms with Crippen LogP contribution in [0.2, 0.25) is 5.02 Å². The quantitative estimate of drug-likeness (QED) is 0.314. The first kappa shape index (κ1) is 22.5. The number of hydrogen-bond acceptors (Lipinski definition) is 5. The van der Waals surface area contributed by atoms with Crippen molar-refractivity contribution in [2.24, 2.45) is 0 Å². The second-order valence-electron chi connectivity index (χ2n) is 7.08. The molecule has 2 amide bonds. The van der Waals surface area contributed by atoms with Gasteiger partial charge in [0, 0.05) is 10.6 Å². The summed E-state index contributed by atoms with van der Waals surface area (Å²) in [6.07, 6.45) is 1.50. The number of ether oxygens (including phenoxy) is 2. The van der Waals surface area contributed by atoms with E-state index in [0.717, 1.165) is 5.56 Å². The molecule has 8 heteroatoms. The minimum absolute atomic E-state index is 0.0363. The number of anilines is 1. The molecule has 0 saturated carbocycles. The molecule has 4 rings (SSSR count). The molecule has 0 aliphatic carbocycles. The van der Waals surface area contributed by atoms with E-state index >= 15 is 0 Å². The average molecular weight is 479 g/mol. The third-order valence-electron chi connectivity index (χ3n) is 4.96. The second kappa shape index (κ2) is 9.85. The summed E-state index contributed by atoms with van der Waals surface area (Å²) in [5.41, 5.74) is 1.96. The van der Waals surface area contributed by atoms with Crippen LogP contribution in [0.1, 0.15) is 11.1 Å². The number of carbonyl (C=O) groups is 2. The number of amides is 2. The maximum atomic E-state index is 13.1. The maximum absolute atomic E-state index is 13.1. The van der Waals surface area contributed by atoms with Gasteiger partial charge in [-0.1, -0.05) is 54.1 Å². The van der Waals surface area contributed by atoms with Gasteiger partial charge in [0.25, 0.3) is 11.8 Å². The fraction of sp³-hybridized carbons (Fsp3) is 0.0800. The highest BCUT2D eigenvalue weighted by molar-refractivity contribution is 7.80. The van der Waals surface area contributed by atoms with Crippen LogP contribution in [0.25, 0.3) is 6.08 Å². The summed E-state index contributed by atoms with van der Waals surface area (Å²) in [5, 5.41) is 3.22. The summed E-state index contributed by atoms with van der Waals surface area (Å²) in [5.74, 6) is -0.107. The van der Waals surface area contributed by atoms with Crippen LogP contribution in [-0.2, 0) is 16.2 Å². The topological polar surface area (TPSA) is 67.9 Å². The lowest BCUT2D eigenvalue weighted by Gasteiger charge is -2.28. The number of thiocarbonyl (C=S) groups is 1. The minimum atomic E-state index is -0.560. The number of rotatable bonds is 6.